The summed E-state index contributed by atoms with van der Waals surface area (Å²) in [4.78, 5) is 2.37. The fourth-order valence-corrected chi connectivity index (χ4v) is 2.92. The molecule has 1 fully saturated rings. The molecule has 1 saturated heterocycles. The summed E-state index contributed by atoms with van der Waals surface area (Å²) in [7, 11) is -0.590. The standard InChI is InChI=1S/C11H23NO2S/c1-12-8-3-5-11(7-9-12)6-4-10-15(2,13)14/h11H,3-10H2,1-2H3. The Labute approximate surface area is 93.8 Å². The third-order valence-corrected chi connectivity index (χ3v) is 4.23. The highest BCUT2D eigenvalue weighted by molar-refractivity contribution is 7.90. The molecule has 15 heavy (non-hydrogen) atoms. The second kappa shape index (κ2) is 5.85. The quantitative estimate of drug-likeness (QED) is 0.739. The Kier molecular flexibility index (Phi) is 5.06. The van der Waals surface area contributed by atoms with E-state index in [0.29, 0.717) is 5.75 Å². The van der Waals surface area contributed by atoms with E-state index in [1.165, 1.54) is 38.6 Å². The molecular formula is C11H23NO2S. The Balaban J connectivity index is 2.21. The fraction of sp³-hybridized carbons (Fsp3) is 1.00. The van der Waals surface area contributed by atoms with Crippen molar-refractivity contribution >= 4 is 9.84 Å². The largest absolute Gasteiger partial charge is 0.306 e. The zero-order chi connectivity index (χ0) is 11.3. The predicted octanol–water partition coefficient (Wildman–Crippen LogP) is 1.54. The lowest BCUT2D eigenvalue weighted by Crippen LogP contribution is -2.18. The molecular weight excluding hydrogens is 210 g/mol. The van der Waals surface area contributed by atoms with E-state index in [4.69, 9.17) is 0 Å². The van der Waals surface area contributed by atoms with Gasteiger partial charge in [-0.1, -0.05) is 0 Å². The highest BCUT2D eigenvalue weighted by atomic mass is 32.2. The Hall–Kier alpha value is -0.0900. The van der Waals surface area contributed by atoms with Crippen LogP contribution in [0.2, 0.25) is 0 Å². The van der Waals surface area contributed by atoms with E-state index in [-0.39, 0.29) is 0 Å². The van der Waals surface area contributed by atoms with Crippen LogP contribution >= 0.6 is 0 Å². The Morgan fingerprint density at radius 1 is 1.27 bits per heavy atom. The molecule has 1 atom stereocenters. The summed E-state index contributed by atoms with van der Waals surface area (Å²) >= 11 is 0. The van der Waals surface area contributed by atoms with Gasteiger partial charge >= 0.3 is 0 Å². The minimum absolute atomic E-state index is 0.360. The first-order chi connectivity index (χ1) is 6.97. The molecule has 0 saturated carbocycles. The lowest BCUT2D eigenvalue weighted by molar-refractivity contribution is 0.338. The third kappa shape index (κ3) is 6.15. The fourth-order valence-electron chi connectivity index (χ4n) is 2.23. The maximum atomic E-state index is 11.0. The van der Waals surface area contributed by atoms with Crippen molar-refractivity contribution in [1.82, 2.24) is 4.90 Å². The zero-order valence-electron chi connectivity index (χ0n) is 9.91. The monoisotopic (exact) mass is 233 g/mol. The summed E-state index contributed by atoms with van der Waals surface area (Å²) < 4.78 is 22.0. The normalized spacial score (nSPS) is 25.1. The van der Waals surface area contributed by atoms with Gasteiger partial charge in [0.2, 0.25) is 0 Å². The average Bonchev–Trinajstić information content (AvgIpc) is 2.29. The summed E-state index contributed by atoms with van der Waals surface area (Å²) in [5.41, 5.74) is 0. The lowest BCUT2D eigenvalue weighted by Gasteiger charge is -2.14. The van der Waals surface area contributed by atoms with Crippen molar-refractivity contribution in [3.8, 4) is 0 Å². The molecule has 1 aliphatic heterocycles. The minimum atomic E-state index is -2.76. The van der Waals surface area contributed by atoms with Crippen molar-refractivity contribution in [2.45, 2.75) is 32.1 Å². The number of likely N-dealkylation sites (tertiary alicyclic amines) is 1. The second-order valence-corrected chi connectivity index (χ2v) is 7.13. The third-order valence-electron chi connectivity index (χ3n) is 3.20. The number of nitrogens with zero attached hydrogens (tertiary/aromatic N) is 1. The summed E-state index contributed by atoms with van der Waals surface area (Å²) in [6, 6.07) is 0. The molecule has 0 N–H and O–H groups in total. The highest BCUT2D eigenvalue weighted by Gasteiger charge is 2.15. The van der Waals surface area contributed by atoms with Crippen LogP contribution in [-0.4, -0.2) is 45.5 Å². The van der Waals surface area contributed by atoms with Gasteiger partial charge in [-0.05, 0) is 58.2 Å². The van der Waals surface area contributed by atoms with Crippen LogP contribution in [0.15, 0.2) is 0 Å². The zero-order valence-corrected chi connectivity index (χ0v) is 10.7. The lowest BCUT2D eigenvalue weighted by atomic mass is 9.96. The van der Waals surface area contributed by atoms with Crippen LogP contribution < -0.4 is 0 Å². The molecule has 0 bridgehead atoms. The van der Waals surface area contributed by atoms with Crippen molar-refractivity contribution in [2.75, 3.05) is 32.1 Å². The molecule has 1 rings (SSSR count). The molecule has 0 aromatic rings. The van der Waals surface area contributed by atoms with Gasteiger partial charge in [0.15, 0.2) is 0 Å². The first kappa shape index (κ1) is 13.0. The Morgan fingerprint density at radius 2 is 2.00 bits per heavy atom. The number of hydrogen-bond donors (Lipinski definition) is 0. The van der Waals surface area contributed by atoms with Crippen molar-refractivity contribution < 1.29 is 8.42 Å². The SMILES string of the molecule is CN1CCCC(CCCS(C)(=O)=O)CC1. The van der Waals surface area contributed by atoms with Gasteiger partial charge in [0.1, 0.15) is 9.84 Å². The van der Waals surface area contributed by atoms with Crippen LogP contribution in [0.1, 0.15) is 32.1 Å². The summed E-state index contributed by atoms with van der Waals surface area (Å²) in [5, 5.41) is 0. The van der Waals surface area contributed by atoms with E-state index >= 15 is 0 Å². The number of hydrogen-bond acceptors (Lipinski definition) is 3. The molecule has 1 unspecified atom stereocenters. The molecule has 0 amide bonds. The smallest absolute Gasteiger partial charge is 0.147 e. The van der Waals surface area contributed by atoms with Gasteiger partial charge in [-0.3, -0.25) is 0 Å². The number of sulfone groups is 1. The Bertz CT molecular complexity index is 274. The van der Waals surface area contributed by atoms with Crippen LogP contribution in [0.25, 0.3) is 0 Å². The van der Waals surface area contributed by atoms with Gasteiger partial charge in [0.25, 0.3) is 0 Å². The molecule has 0 aromatic carbocycles. The van der Waals surface area contributed by atoms with E-state index < -0.39 is 9.84 Å². The number of rotatable bonds is 4. The first-order valence-corrected chi connectivity index (χ1v) is 7.90. The maximum absolute atomic E-state index is 11.0. The molecule has 1 heterocycles. The van der Waals surface area contributed by atoms with Gasteiger partial charge in [0.05, 0.1) is 0 Å². The molecule has 4 heteroatoms. The van der Waals surface area contributed by atoms with Crippen LogP contribution in [0.5, 0.6) is 0 Å². The van der Waals surface area contributed by atoms with Crippen LogP contribution in [0.4, 0.5) is 0 Å². The second-order valence-electron chi connectivity index (χ2n) is 4.87. The van der Waals surface area contributed by atoms with E-state index in [0.717, 1.165) is 18.8 Å². The van der Waals surface area contributed by atoms with Crippen molar-refractivity contribution in [2.24, 2.45) is 5.92 Å². The van der Waals surface area contributed by atoms with Gasteiger partial charge in [-0.25, -0.2) is 8.42 Å². The molecule has 0 aliphatic carbocycles. The minimum Gasteiger partial charge on any atom is -0.306 e. The highest BCUT2D eigenvalue weighted by Crippen LogP contribution is 2.21. The maximum Gasteiger partial charge on any atom is 0.147 e. The predicted molar refractivity (Wildman–Crippen MR) is 63.8 cm³/mol. The van der Waals surface area contributed by atoms with Gasteiger partial charge in [0, 0.05) is 12.0 Å². The van der Waals surface area contributed by atoms with Gasteiger partial charge in [-0.2, -0.15) is 0 Å². The topological polar surface area (TPSA) is 37.4 Å². The van der Waals surface area contributed by atoms with Crippen LogP contribution in [-0.2, 0) is 9.84 Å². The summed E-state index contributed by atoms with van der Waals surface area (Å²) in [5.74, 6) is 1.11. The molecule has 0 aromatic heterocycles. The molecule has 3 nitrogen and oxygen atoms in total. The van der Waals surface area contributed by atoms with E-state index in [9.17, 15) is 8.42 Å². The molecule has 0 radical (unpaired) electrons. The van der Waals surface area contributed by atoms with Gasteiger partial charge < -0.3 is 4.90 Å². The average molecular weight is 233 g/mol. The van der Waals surface area contributed by atoms with Crippen LogP contribution in [0.3, 0.4) is 0 Å². The first-order valence-electron chi connectivity index (χ1n) is 5.83. The molecule has 0 spiro atoms. The molecule has 1 aliphatic rings. The van der Waals surface area contributed by atoms with Gasteiger partial charge in [-0.15, -0.1) is 0 Å². The van der Waals surface area contributed by atoms with Crippen molar-refractivity contribution in [3.63, 3.8) is 0 Å². The van der Waals surface area contributed by atoms with E-state index in [1.54, 1.807) is 0 Å². The van der Waals surface area contributed by atoms with Crippen molar-refractivity contribution in [3.05, 3.63) is 0 Å². The van der Waals surface area contributed by atoms with E-state index in [2.05, 4.69) is 11.9 Å². The Morgan fingerprint density at radius 3 is 2.67 bits per heavy atom. The summed E-state index contributed by atoms with van der Waals surface area (Å²) in [6.07, 6.45) is 7.02. The summed E-state index contributed by atoms with van der Waals surface area (Å²) in [6.45, 7) is 2.37. The van der Waals surface area contributed by atoms with Crippen molar-refractivity contribution in [1.29, 1.82) is 0 Å². The van der Waals surface area contributed by atoms with Crippen LogP contribution in [0, 0.1) is 5.92 Å². The van der Waals surface area contributed by atoms with E-state index in [1.807, 2.05) is 0 Å². The molecule has 90 valence electrons.